The van der Waals surface area contributed by atoms with Crippen molar-refractivity contribution in [3.8, 4) is 11.5 Å². The molecule has 0 saturated heterocycles. The summed E-state index contributed by atoms with van der Waals surface area (Å²) in [5, 5.41) is 10.8. The first-order valence-electron chi connectivity index (χ1n) is 6.93. The third-order valence-corrected chi connectivity index (χ3v) is 3.30. The SMILES string of the molecule is CC[C@@H](O)c1ccc(Oc2ccc3cccnc3c2)cn1. The van der Waals surface area contributed by atoms with Crippen molar-refractivity contribution in [3.05, 3.63) is 60.6 Å². The van der Waals surface area contributed by atoms with Gasteiger partial charge >= 0.3 is 0 Å². The van der Waals surface area contributed by atoms with Gasteiger partial charge in [0.2, 0.25) is 0 Å². The van der Waals surface area contributed by atoms with Gasteiger partial charge in [-0.05, 0) is 36.8 Å². The fourth-order valence-electron chi connectivity index (χ4n) is 2.10. The smallest absolute Gasteiger partial charge is 0.145 e. The van der Waals surface area contributed by atoms with Crippen molar-refractivity contribution >= 4 is 10.9 Å². The quantitative estimate of drug-likeness (QED) is 0.788. The van der Waals surface area contributed by atoms with Gasteiger partial charge in [-0.3, -0.25) is 9.97 Å². The van der Waals surface area contributed by atoms with Gasteiger partial charge in [-0.2, -0.15) is 0 Å². The second kappa shape index (κ2) is 5.89. The molecule has 0 aliphatic rings. The van der Waals surface area contributed by atoms with Crippen LogP contribution in [-0.4, -0.2) is 15.1 Å². The number of hydrogen-bond acceptors (Lipinski definition) is 4. The van der Waals surface area contributed by atoms with E-state index in [2.05, 4.69) is 9.97 Å². The van der Waals surface area contributed by atoms with E-state index in [-0.39, 0.29) is 0 Å². The van der Waals surface area contributed by atoms with Gasteiger partial charge in [0.25, 0.3) is 0 Å². The Bertz CT molecular complexity index is 741. The van der Waals surface area contributed by atoms with Crippen molar-refractivity contribution in [3.63, 3.8) is 0 Å². The van der Waals surface area contributed by atoms with Gasteiger partial charge < -0.3 is 9.84 Å². The third-order valence-electron chi connectivity index (χ3n) is 3.30. The van der Waals surface area contributed by atoms with Gasteiger partial charge in [0, 0.05) is 17.6 Å². The lowest BCUT2D eigenvalue weighted by Crippen LogP contribution is -1.98. The fourth-order valence-corrected chi connectivity index (χ4v) is 2.10. The summed E-state index contributed by atoms with van der Waals surface area (Å²) < 4.78 is 5.77. The Kier molecular flexibility index (Phi) is 3.79. The molecule has 3 aromatic rings. The summed E-state index contributed by atoms with van der Waals surface area (Å²) in [6.45, 7) is 1.92. The minimum Gasteiger partial charge on any atom is -0.456 e. The molecule has 1 aromatic carbocycles. The number of fused-ring (bicyclic) bond motifs is 1. The molecule has 1 N–H and O–H groups in total. The first kappa shape index (κ1) is 13.5. The molecule has 0 spiro atoms. The van der Waals surface area contributed by atoms with Crippen molar-refractivity contribution in [2.75, 3.05) is 0 Å². The molecule has 0 aliphatic heterocycles. The normalized spacial score (nSPS) is 12.3. The highest BCUT2D eigenvalue weighted by Crippen LogP contribution is 2.25. The molecular weight excluding hydrogens is 264 g/mol. The minimum absolute atomic E-state index is 0.524. The fraction of sp³-hybridized carbons (Fsp3) is 0.176. The largest absolute Gasteiger partial charge is 0.456 e. The Morgan fingerprint density at radius 3 is 2.71 bits per heavy atom. The molecule has 0 unspecified atom stereocenters. The van der Waals surface area contributed by atoms with Gasteiger partial charge in [0.05, 0.1) is 23.5 Å². The van der Waals surface area contributed by atoms with E-state index in [0.29, 0.717) is 23.6 Å². The first-order chi connectivity index (χ1) is 10.3. The van der Waals surface area contributed by atoms with E-state index in [1.54, 1.807) is 18.5 Å². The standard InChI is InChI=1S/C17H16N2O2/c1-2-17(20)15-8-7-14(11-19-15)21-13-6-5-12-4-3-9-18-16(12)10-13/h3-11,17,20H,2H2,1H3/t17-/m1/s1. The highest BCUT2D eigenvalue weighted by Gasteiger charge is 2.06. The zero-order valence-electron chi connectivity index (χ0n) is 11.7. The maximum atomic E-state index is 9.72. The van der Waals surface area contributed by atoms with E-state index in [4.69, 9.17) is 4.74 Å². The Morgan fingerprint density at radius 1 is 1.10 bits per heavy atom. The average molecular weight is 280 g/mol. The van der Waals surface area contributed by atoms with Crippen LogP contribution in [0, 0.1) is 0 Å². The summed E-state index contributed by atoms with van der Waals surface area (Å²) in [6.07, 6.45) is 3.50. The van der Waals surface area contributed by atoms with Gasteiger partial charge in [0.1, 0.15) is 11.5 Å². The Labute approximate surface area is 123 Å². The molecule has 106 valence electrons. The molecular formula is C17H16N2O2. The van der Waals surface area contributed by atoms with Crippen LogP contribution in [0.25, 0.3) is 10.9 Å². The summed E-state index contributed by atoms with van der Waals surface area (Å²) in [5.41, 5.74) is 1.55. The number of benzene rings is 1. The summed E-state index contributed by atoms with van der Waals surface area (Å²) in [4.78, 5) is 8.52. The van der Waals surface area contributed by atoms with Gasteiger partial charge in [-0.15, -0.1) is 0 Å². The Balaban J connectivity index is 1.81. The summed E-state index contributed by atoms with van der Waals surface area (Å²) in [6, 6.07) is 13.3. The topological polar surface area (TPSA) is 55.2 Å². The van der Waals surface area contributed by atoms with Crippen molar-refractivity contribution in [2.24, 2.45) is 0 Å². The second-order valence-electron chi connectivity index (χ2n) is 4.80. The van der Waals surface area contributed by atoms with Crippen LogP contribution in [0.5, 0.6) is 11.5 Å². The molecule has 0 radical (unpaired) electrons. The van der Waals surface area contributed by atoms with E-state index in [1.165, 1.54) is 0 Å². The lowest BCUT2D eigenvalue weighted by atomic mass is 10.2. The van der Waals surface area contributed by atoms with E-state index < -0.39 is 6.10 Å². The molecule has 4 nitrogen and oxygen atoms in total. The van der Waals surface area contributed by atoms with Crippen LogP contribution in [0.2, 0.25) is 0 Å². The number of aliphatic hydroxyl groups is 1. The summed E-state index contributed by atoms with van der Waals surface area (Å²) in [7, 11) is 0. The minimum atomic E-state index is -0.524. The molecule has 0 aliphatic carbocycles. The maximum Gasteiger partial charge on any atom is 0.145 e. The van der Waals surface area contributed by atoms with E-state index in [0.717, 1.165) is 10.9 Å². The average Bonchev–Trinajstić information content (AvgIpc) is 2.55. The van der Waals surface area contributed by atoms with Crippen LogP contribution in [0.3, 0.4) is 0 Å². The molecule has 0 saturated carbocycles. The number of hydrogen-bond donors (Lipinski definition) is 1. The molecule has 2 heterocycles. The lowest BCUT2D eigenvalue weighted by molar-refractivity contribution is 0.169. The van der Waals surface area contributed by atoms with Gasteiger partial charge in [-0.1, -0.05) is 13.0 Å². The van der Waals surface area contributed by atoms with Gasteiger partial charge in [0.15, 0.2) is 0 Å². The predicted octanol–water partition coefficient (Wildman–Crippen LogP) is 3.87. The van der Waals surface area contributed by atoms with Crippen LogP contribution >= 0.6 is 0 Å². The highest BCUT2D eigenvalue weighted by molar-refractivity contribution is 5.79. The first-order valence-corrected chi connectivity index (χ1v) is 6.93. The maximum absolute atomic E-state index is 9.72. The number of rotatable bonds is 4. The number of ether oxygens (including phenoxy) is 1. The predicted molar refractivity (Wildman–Crippen MR) is 81.3 cm³/mol. The summed E-state index contributed by atoms with van der Waals surface area (Å²) in [5.74, 6) is 1.35. The van der Waals surface area contributed by atoms with Crippen LogP contribution < -0.4 is 4.74 Å². The Hall–Kier alpha value is -2.46. The van der Waals surface area contributed by atoms with Gasteiger partial charge in [-0.25, -0.2) is 0 Å². The molecule has 0 amide bonds. The van der Waals surface area contributed by atoms with Crippen molar-refractivity contribution < 1.29 is 9.84 Å². The van der Waals surface area contributed by atoms with E-state index in [9.17, 15) is 5.11 Å². The number of nitrogens with zero attached hydrogens (tertiary/aromatic N) is 2. The molecule has 21 heavy (non-hydrogen) atoms. The lowest BCUT2D eigenvalue weighted by Gasteiger charge is -2.09. The number of aliphatic hydroxyl groups excluding tert-OH is 1. The monoisotopic (exact) mass is 280 g/mol. The number of pyridine rings is 2. The zero-order valence-corrected chi connectivity index (χ0v) is 11.7. The molecule has 1 atom stereocenters. The van der Waals surface area contributed by atoms with E-state index >= 15 is 0 Å². The third kappa shape index (κ3) is 3.01. The Morgan fingerprint density at radius 2 is 1.95 bits per heavy atom. The van der Waals surface area contributed by atoms with E-state index in [1.807, 2.05) is 43.3 Å². The number of aromatic nitrogens is 2. The molecule has 0 fully saturated rings. The molecule has 2 aromatic heterocycles. The van der Waals surface area contributed by atoms with Crippen LogP contribution in [0.15, 0.2) is 54.9 Å². The van der Waals surface area contributed by atoms with Crippen LogP contribution in [-0.2, 0) is 0 Å². The zero-order chi connectivity index (χ0) is 14.7. The molecule has 3 rings (SSSR count). The van der Waals surface area contributed by atoms with Crippen molar-refractivity contribution in [1.29, 1.82) is 0 Å². The van der Waals surface area contributed by atoms with Crippen molar-refractivity contribution in [1.82, 2.24) is 9.97 Å². The van der Waals surface area contributed by atoms with Crippen molar-refractivity contribution in [2.45, 2.75) is 19.4 Å². The summed E-state index contributed by atoms with van der Waals surface area (Å²) >= 11 is 0. The van der Waals surface area contributed by atoms with Crippen LogP contribution in [0.4, 0.5) is 0 Å². The second-order valence-corrected chi connectivity index (χ2v) is 4.80. The van der Waals surface area contributed by atoms with Crippen LogP contribution in [0.1, 0.15) is 25.1 Å². The molecule has 0 bridgehead atoms. The molecule has 4 heteroatoms. The highest BCUT2D eigenvalue weighted by atomic mass is 16.5.